The van der Waals surface area contributed by atoms with E-state index in [-0.39, 0.29) is 5.91 Å². The number of hydrogen-bond donors (Lipinski definition) is 0. The lowest BCUT2D eigenvalue weighted by molar-refractivity contribution is -0.136. The van der Waals surface area contributed by atoms with Crippen molar-refractivity contribution in [1.29, 1.82) is 0 Å². The Morgan fingerprint density at radius 2 is 1.90 bits per heavy atom. The van der Waals surface area contributed by atoms with E-state index < -0.39 is 0 Å². The zero-order chi connectivity index (χ0) is 20.5. The van der Waals surface area contributed by atoms with Crippen LogP contribution in [0.5, 0.6) is 0 Å². The van der Waals surface area contributed by atoms with Gasteiger partial charge in [-0.2, -0.15) is 0 Å². The van der Waals surface area contributed by atoms with Crippen LogP contribution >= 0.6 is 22.7 Å². The Morgan fingerprint density at radius 3 is 2.63 bits per heavy atom. The number of piperazine rings is 1. The lowest BCUT2D eigenvalue weighted by atomic mass is 10.1. The summed E-state index contributed by atoms with van der Waals surface area (Å²) in [5.74, 6) is 2.05. The predicted molar refractivity (Wildman–Crippen MR) is 122 cm³/mol. The van der Waals surface area contributed by atoms with Crippen molar-refractivity contribution in [1.82, 2.24) is 19.8 Å². The molecule has 0 aliphatic carbocycles. The van der Waals surface area contributed by atoms with Gasteiger partial charge in [0, 0.05) is 55.1 Å². The Hall–Kier alpha value is -2.07. The van der Waals surface area contributed by atoms with Crippen LogP contribution < -0.4 is 4.90 Å². The molecule has 0 aromatic carbocycles. The third-order valence-electron chi connectivity index (χ3n) is 5.71. The summed E-state index contributed by atoms with van der Waals surface area (Å²) in [6.45, 7) is 8.62. The summed E-state index contributed by atoms with van der Waals surface area (Å²) < 4.78 is 5.35. The lowest BCUT2D eigenvalue weighted by Gasteiger charge is -2.36. The Labute approximate surface area is 183 Å². The largest absolute Gasteiger partial charge is 0.378 e. The average molecular weight is 444 g/mol. The number of nitrogens with zero attached hydrogens (tertiary/aromatic N) is 5. The van der Waals surface area contributed by atoms with Crippen molar-refractivity contribution in [3.63, 3.8) is 0 Å². The number of hydrogen-bond acceptors (Lipinski definition) is 8. The molecule has 9 heteroatoms. The van der Waals surface area contributed by atoms with Crippen LogP contribution in [0.15, 0.2) is 22.9 Å². The standard InChI is InChI=1S/C21H25N5O2S2/c1-15-22-20(19-16(14-30-21(19)23-15)17-3-2-12-29-17)26-6-4-24(5-7-26)13-18(27)25-8-10-28-11-9-25/h2-3,12,14H,4-11,13H2,1H3. The number of ether oxygens (including phenoxy) is 1. The van der Waals surface area contributed by atoms with Crippen molar-refractivity contribution in [3.05, 3.63) is 28.7 Å². The molecule has 2 saturated heterocycles. The first-order valence-electron chi connectivity index (χ1n) is 10.3. The molecule has 0 atom stereocenters. The van der Waals surface area contributed by atoms with Gasteiger partial charge in [0.05, 0.1) is 25.1 Å². The summed E-state index contributed by atoms with van der Waals surface area (Å²) in [5.41, 5.74) is 1.23. The van der Waals surface area contributed by atoms with E-state index in [9.17, 15) is 4.79 Å². The van der Waals surface area contributed by atoms with Gasteiger partial charge < -0.3 is 14.5 Å². The summed E-state index contributed by atoms with van der Waals surface area (Å²) in [6.07, 6.45) is 0. The van der Waals surface area contributed by atoms with E-state index in [1.54, 1.807) is 22.7 Å². The minimum absolute atomic E-state index is 0.213. The Bertz CT molecular complexity index is 1020. The van der Waals surface area contributed by atoms with Crippen LogP contribution in [0.4, 0.5) is 5.82 Å². The van der Waals surface area contributed by atoms with Gasteiger partial charge in [-0.3, -0.25) is 9.69 Å². The van der Waals surface area contributed by atoms with Gasteiger partial charge in [0.2, 0.25) is 5.91 Å². The van der Waals surface area contributed by atoms with E-state index >= 15 is 0 Å². The zero-order valence-corrected chi connectivity index (χ0v) is 18.7. The lowest BCUT2D eigenvalue weighted by Crippen LogP contribution is -2.51. The van der Waals surface area contributed by atoms with Crippen LogP contribution in [-0.4, -0.2) is 84.7 Å². The number of fused-ring (bicyclic) bond motifs is 1. The predicted octanol–water partition coefficient (Wildman–Crippen LogP) is 2.71. The minimum Gasteiger partial charge on any atom is -0.378 e. The van der Waals surface area contributed by atoms with Crippen LogP contribution in [0.3, 0.4) is 0 Å². The Balaban J connectivity index is 1.32. The monoisotopic (exact) mass is 443 g/mol. The molecular formula is C21H25N5O2S2. The van der Waals surface area contributed by atoms with Gasteiger partial charge in [0.25, 0.3) is 0 Å². The smallest absolute Gasteiger partial charge is 0.236 e. The number of amides is 1. The van der Waals surface area contributed by atoms with Crippen molar-refractivity contribution >= 4 is 44.6 Å². The number of carbonyl (C=O) groups is 1. The third kappa shape index (κ3) is 3.94. The second-order valence-electron chi connectivity index (χ2n) is 7.66. The summed E-state index contributed by atoms with van der Waals surface area (Å²) in [7, 11) is 0. The number of carbonyl (C=O) groups excluding carboxylic acids is 1. The molecule has 3 aromatic heterocycles. The fraction of sp³-hybridized carbons (Fsp3) is 0.476. The fourth-order valence-electron chi connectivity index (χ4n) is 4.09. The van der Waals surface area contributed by atoms with E-state index in [4.69, 9.17) is 9.72 Å². The number of anilines is 1. The first-order chi connectivity index (χ1) is 14.7. The Morgan fingerprint density at radius 1 is 1.10 bits per heavy atom. The zero-order valence-electron chi connectivity index (χ0n) is 17.0. The highest BCUT2D eigenvalue weighted by molar-refractivity contribution is 7.18. The van der Waals surface area contributed by atoms with Gasteiger partial charge in [-0.25, -0.2) is 9.97 Å². The maximum atomic E-state index is 12.6. The minimum atomic E-state index is 0.213. The molecule has 0 saturated carbocycles. The van der Waals surface area contributed by atoms with Gasteiger partial charge in [-0.1, -0.05) is 6.07 Å². The second kappa shape index (κ2) is 8.58. The quantitative estimate of drug-likeness (QED) is 0.618. The van der Waals surface area contributed by atoms with Crippen LogP contribution in [0, 0.1) is 6.92 Å². The van der Waals surface area contributed by atoms with E-state index in [2.05, 4.69) is 37.7 Å². The average Bonchev–Trinajstić information content (AvgIpc) is 3.44. The highest BCUT2D eigenvalue weighted by atomic mass is 32.1. The number of aryl methyl sites for hydroxylation is 1. The molecule has 5 heterocycles. The molecule has 0 bridgehead atoms. The van der Waals surface area contributed by atoms with Gasteiger partial charge in [0.15, 0.2) is 0 Å². The van der Waals surface area contributed by atoms with Crippen molar-refractivity contribution in [2.24, 2.45) is 0 Å². The summed E-state index contributed by atoms with van der Waals surface area (Å²) in [4.78, 5) is 30.9. The molecule has 30 heavy (non-hydrogen) atoms. The molecule has 0 N–H and O–H groups in total. The maximum Gasteiger partial charge on any atom is 0.236 e. The molecule has 0 spiro atoms. The maximum absolute atomic E-state index is 12.6. The summed E-state index contributed by atoms with van der Waals surface area (Å²) >= 11 is 3.44. The van der Waals surface area contributed by atoms with Crippen molar-refractivity contribution < 1.29 is 9.53 Å². The molecule has 158 valence electrons. The van der Waals surface area contributed by atoms with E-state index in [0.29, 0.717) is 32.8 Å². The van der Waals surface area contributed by atoms with Crippen molar-refractivity contribution in [2.45, 2.75) is 6.92 Å². The topological polar surface area (TPSA) is 61.8 Å². The van der Waals surface area contributed by atoms with Crippen LogP contribution in [0.25, 0.3) is 20.7 Å². The van der Waals surface area contributed by atoms with Gasteiger partial charge in [-0.15, -0.1) is 22.7 Å². The Kier molecular flexibility index (Phi) is 5.68. The number of rotatable bonds is 4. The van der Waals surface area contributed by atoms with E-state index in [1.807, 2.05) is 11.8 Å². The molecular weight excluding hydrogens is 418 g/mol. The highest BCUT2D eigenvalue weighted by Crippen LogP contribution is 2.40. The number of aromatic nitrogens is 2. The van der Waals surface area contributed by atoms with Gasteiger partial charge >= 0.3 is 0 Å². The molecule has 1 amide bonds. The van der Waals surface area contributed by atoms with Gasteiger partial charge in [-0.05, 0) is 18.4 Å². The molecule has 0 unspecified atom stereocenters. The van der Waals surface area contributed by atoms with Crippen molar-refractivity contribution in [2.75, 3.05) is 63.9 Å². The molecule has 2 aliphatic rings. The van der Waals surface area contributed by atoms with Crippen LogP contribution in [0.1, 0.15) is 5.82 Å². The fourth-order valence-corrected chi connectivity index (χ4v) is 5.89. The first-order valence-corrected chi connectivity index (χ1v) is 12.1. The third-order valence-corrected chi connectivity index (χ3v) is 7.48. The van der Waals surface area contributed by atoms with Crippen molar-refractivity contribution in [3.8, 4) is 10.4 Å². The van der Waals surface area contributed by atoms with E-state index in [0.717, 1.165) is 48.0 Å². The van der Waals surface area contributed by atoms with E-state index in [1.165, 1.54) is 10.4 Å². The first kappa shape index (κ1) is 19.9. The van der Waals surface area contributed by atoms with Gasteiger partial charge in [0.1, 0.15) is 16.5 Å². The summed E-state index contributed by atoms with van der Waals surface area (Å²) in [6, 6.07) is 4.24. The van der Waals surface area contributed by atoms with Crippen LogP contribution in [-0.2, 0) is 9.53 Å². The molecule has 0 radical (unpaired) electrons. The molecule has 2 aliphatic heterocycles. The molecule has 7 nitrogen and oxygen atoms in total. The normalized spacial score (nSPS) is 18.3. The molecule has 3 aromatic rings. The molecule has 2 fully saturated rings. The SMILES string of the molecule is Cc1nc(N2CCN(CC(=O)N3CCOCC3)CC2)c2c(-c3cccs3)csc2n1. The van der Waals surface area contributed by atoms with Crippen LogP contribution in [0.2, 0.25) is 0 Å². The number of morpholine rings is 1. The summed E-state index contributed by atoms with van der Waals surface area (Å²) in [5, 5.41) is 5.47. The second-order valence-corrected chi connectivity index (χ2v) is 9.46. The number of thiophene rings is 2. The molecule has 5 rings (SSSR count). The highest BCUT2D eigenvalue weighted by Gasteiger charge is 2.26.